The Labute approximate surface area is 160 Å². The Hall–Kier alpha value is -3.26. The highest BCUT2D eigenvalue weighted by Gasteiger charge is 2.16. The van der Waals surface area contributed by atoms with Gasteiger partial charge in [-0.25, -0.2) is 14.0 Å². The molecule has 1 heterocycles. The van der Waals surface area contributed by atoms with Gasteiger partial charge in [0.15, 0.2) is 17.5 Å². The van der Waals surface area contributed by atoms with Gasteiger partial charge in [-0.15, -0.1) is 0 Å². The lowest BCUT2D eigenvalue weighted by molar-refractivity contribution is -0.106. The van der Waals surface area contributed by atoms with Gasteiger partial charge in [-0.3, -0.25) is 20.5 Å². The lowest BCUT2D eigenvalue weighted by Crippen LogP contribution is -2.24. The van der Waals surface area contributed by atoms with Gasteiger partial charge < -0.3 is 22.5 Å². The van der Waals surface area contributed by atoms with Crippen LogP contribution in [0.25, 0.3) is 0 Å². The molecule has 27 heavy (non-hydrogen) atoms. The monoisotopic (exact) mass is 445 g/mol. The van der Waals surface area contributed by atoms with E-state index in [1.165, 1.54) is 18.2 Å². The first-order valence-corrected chi connectivity index (χ1v) is 7.93. The van der Waals surface area contributed by atoms with Crippen LogP contribution in [0.3, 0.4) is 0 Å². The second kappa shape index (κ2) is 11.4. The fraction of sp³-hybridized carbons (Fsp3) is 0.154. The van der Waals surface area contributed by atoms with E-state index in [0.29, 0.717) is 18.8 Å². The van der Waals surface area contributed by atoms with Crippen LogP contribution in [0.2, 0.25) is 0 Å². The number of hydroxylamine groups is 1. The normalized spacial score (nSPS) is 10.4. The highest BCUT2D eigenvalue weighted by atomic mass is 79.9. The lowest BCUT2D eigenvalue weighted by Gasteiger charge is -2.05. The summed E-state index contributed by atoms with van der Waals surface area (Å²) in [4.78, 5) is 16.5. The predicted molar refractivity (Wildman–Crippen MR) is 98.9 cm³/mol. The van der Waals surface area contributed by atoms with E-state index >= 15 is 0 Å². The third-order valence-corrected chi connectivity index (χ3v) is 3.27. The Balaban J connectivity index is 0.00000114. The Bertz CT molecular complexity index is 808. The van der Waals surface area contributed by atoms with Crippen LogP contribution in [0, 0.1) is 5.82 Å². The van der Waals surface area contributed by atoms with Gasteiger partial charge in [0, 0.05) is 6.54 Å². The topological polar surface area (TPSA) is 203 Å². The molecule has 0 fully saturated rings. The number of halogens is 2. The van der Waals surface area contributed by atoms with Crippen molar-refractivity contribution in [1.82, 2.24) is 15.8 Å². The fourth-order valence-electron chi connectivity index (χ4n) is 1.63. The Kier molecular flexibility index (Phi) is 9.18. The molecule has 0 radical (unpaired) electrons. The van der Waals surface area contributed by atoms with Crippen molar-refractivity contribution in [3.8, 4) is 0 Å². The van der Waals surface area contributed by atoms with Crippen molar-refractivity contribution in [2.45, 2.75) is 0 Å². The second-order valence-electron chi connectivity index (χ2n) is 4.50. The second-order valence-corrected chi connectivity index (χ2v) is 5.36. The first-order chi connectivity index (χ1) is 12.9. The summed E-state index contributed by atoms with van der Waals surface area (Å²) in [5, 5.41) is 19.5. The minimum atomic E-state index is -0.433. The van der Waals surface area contributed by atoms with Gasteiger partial charge in [0.1, 0.15) is 5.82 Å². The van der Waals surface area contributed by atoms with E-state index in [1.807, 2.05) is 5.48 Å². The van der Waals surface area contributed by atoms with Crippen LogP contribution in [0.4, 0.5) is 15.9 Å². The first kappa shape index (κ1) is 21.8. The number of primary amides is 1. The summed E-state index contributed by atoms with van der Waals surface area (Å²) in [7, 11) is 0. The minimum absolute atomic E-state index is 0.0311. The molecule has 0 atom stereocenters. The van der Waals surface area contributed by atoms with Crippen LogP contribution in [0.1, 0.15) is 5.69 Å². The molecule has 0 aliphatic carbocycles. The van der Waals surface area contributed by atoms with Crippen LogP contribution < -0.4 is 28.0 Å². The molecule has 1 aromatic heterocycles. The Morgan fingerprint density at radius 3 is 2.70 bits per heavy atom. The third kappa shape index (κ3) is 7.25. The van der Waals surface area contributed by atoms with E-state index < -0.39 is 5.82 Å². The Morgan fingerprint density at radius 2 is 2.11 bits per heavy atom. The number of nitrogens with zero attached hydrogens (tertiary/aromatic N) is 4. The molecule has 12 nitrogen and oxygen atoms in total. The number of hydrogen-bond acceptors (Lipinski definition) is 8. The summed E-state index contributed by atoms with van der Waals surface area (Å²) < 4.78 is 18.1. The summed E-state index contributed by atoms with van der Waals surface area (Å²) in [6.07, 6.45) is 0.250. The maximum absolute atomic E-state index is 13.2. The molecule has 2 rings (SSSR count). The highest BCUT2D eigenvalue weighted by molar-refractivity contribution is 9.10. The van der Waals surface area contributed by atoms with E-state index in [0.717, 1.165) is 0 Å². The van der Waals surface area contributed by atoms with Gasteiger partial charge in [0.05, 0.1) is 16.7 Å². The van der Waals surface area contributed by atoms with Gasteiger partial charge >= 0.3 is 0 Å². The number of amides is 1. The minimum Gasteiger partial charge on any atom is -0.372 e. The van der Waals surface area contributed by atoms with Crippen molar-refractivity contribution in [3.63, 3.8) is 0 Å². The largest absolute Gasteiger partial charge is 0.372 e. The summed E-state index contributed by atoms with van der Waals surface area (Å²) in [6, 6.07) is 4.09. The number of rotatable bonds is 6. The number of benzene rings is 1. The summed E-state index contributed by atoms with van der Waals surface area (Å²) in [6.45, 7) is 0.651. The van der Waals surface area contributed by atoms with Crippen LogP contribution >= 0.6 is 15.9 Å². The van der Waals surface area contributed by atoms with Gasteiger partial charge in [0.2, 0.25) is 12.2 Å². The number of carbonyl (C=O) groups excluding carboxylic acids is 1. The van der Waals surface area contributed by atoms with Gasteiger partial charge in [-0.05, 0) is 44.4 Å². The number of nitrogens with one attached hydrogen (secondary N) is 2. The number of nitrogens with two attached hydrogens (primary N) is 3. The molecule has 1 aromatic carbocycles. The average Bonchev–Trinajstić information content (AvgIpc) is 3.08. The van der Waals surface area contributed by atoms with Crippen LogP contribution in [0.5, 0.6) is 0 Å². The molecule has 0 aliphatic heterocycles. The molecular weight excluding hydrogens is 429 g/mol. The zero-order chi connectivity index (χ0) is 20.2. The standard InChI is InChI=1S/C12H14BrFN8O2.CH3NO/c13-7-5-6(1-2-8(7)14)19-11(20-23)9-10(22-24-21-9)17-3-4-18-12(15)16;2-1-3/h1-2,5,23H,3-4H2,(H,17,22)(H,19,20)(H4,15,16,18);1H,(H2,2,3). The number of amidine groups is 1. The molecule has 14 heteroatoms. The molecule has 0 saturated carbocycles. The van der Waals surface area contributed by atoms with Crippen molar-refractivity contribution in [3.05, 3.63) is 34.2 Å². The molecular formula is C13H17BrFN9O3. The summed E-state index contributed by atoms with van der Waals surface area (Å²) in [5.41, 5.74) is 17.0. The number of aromatic nitrogens is 2. The molecule has 146 valence electrons. The van der Waals surface area contributed by atoms with Crippen LogP contribution in [-0.4, -0.2) is 46.8 Å². The number of hydrogen-bond donors (Lipinski definition) is 6. The number of anilines is 1. The molecule has 9 N–H and O–H groups in total. The molecule has 2 aromatic rings. The molecule has 0 spiro atoms. The quantitative estimate of drug-likeness (QED) is 0.114. The van der Waals surface area contributed by atoms with Crippen molar-refractivity contribution in [2.24, 2.45) is 27.2 Å². The van der Waals surface area contributed by atoms with Gasteiger partial charge in [-0.1, -0.05) is 0 Å². The zero-order valence-corrected chi connectivity index (χ0v) is 15.4. The molecule has 0 bridgehead atoms. The molecule has 0 aliphatic rings. The van der Waals surface area contributed by atoms with Crippen LogP contribution in [-0.2, 0) is 4.79 Å². The first-order valence-electron chi connectivity index (χ1n) is 7.14. The molecule has 0 unspecified atom stereocenters. The highest BCUT2D eigenvalue weighted by Crippen LogP contribution is 2.23. The van der Waals surface area contributed by atoms with E-state index in [2.05, 4.69) is 51.9 Å². The average molecular weight is 446 g/mol. The number of carbonyl (C=O) groups is 1. The van der Waals surface area contributed by atoms with Crippen molar-refractivity contribution in [2.75, 3.05) is 18.4 Å². The summed E-state index contributed by atoms with van der Waals surface area (Å²) >= 11 is 3.06. The van der Waals surface area contributed by atoms with Crippen LogP contribution in [0.15, 0.2) is 37.3 Å². The maximum Gasteiger partial charge on any atom is 0.204 e. The van der Waals surface area contributed by atoms with Crippen molar-refractivity contribution >= 4 is 45.6 Å². The third-order valence-electron chi connectivity index (χ3n) is 2.66. The zero-order valence-electron chi connectivity index (χ0n) is 13.8. The van der Waals surface area contributed by atoms with E-state index in [4.69, 9.17) is 16.3 Å². The number of aliphatic imine (C=N–C) groups is 2. The number of guanidine groups is 1. The van der Waals surface area contributed by atoms with Crippen molar-refractivity contribution in [1.29, 1.82) is 0 Å². The molecule has 0 saturated heterocycles. The summed E-state index contributed by atoms with van der Waals surface area (Å²) in [5.74, 6) is -0.282. The Morgan fingerprint density at radius 1 is 1.41 bits per heavy atom. The van der Waals surface area contributed by atoms with E-state index in [1.54, 1.807) is 0 Å². The smallest absolute Gasteiger partial charge is 0.204 e. The SMILES string of the molecule is NC(N)=NCCNc1nonc1C(=Nc1ccc(F)c(Br)c1)NO.NC=O. The maximum atomic E-state index is 13.2. The lowest BCUT2D eigenvalue weighted by atomic mass is 10.3. The predicted octanol–water partition coefficient (Wildman–Crippen LogP) is -0.185. The van der Waals surface area contributed by atoms with E-state index in [-0.39, 0.29) is 34.2 Å². The molecule has 1 amide bonds. The fourth-order valence-corrected chi connectivity index (χ4v) is 2.00. The van der Waals surface area contributed by atoms with Gasteiger partial charge in [0.25, 0.3) is 0 Å². The van der Waals surface area contributed by atoms with E-state index in [9.17, 15) is 9.60 Å². The van der Waals surface area contributed by atoms with Gasteiger partial charge in [-0.2, -0.15) is 0 Å². The van der Waals surface area contributed by atoms with Crippen molar-refractivity contribution < 1.29 is 19.0 Å².